The molecule has 3 aromatic heterocycles. The number of amides is 1. The summed E-state index contributed by atoms with van der Waals surface area (Å²) in [5.74, 6) is 0.917. The molecule has 1 fully saturated rings. The van der Waals surface area contributed by atoms with E-state index >= 15 is 0 Å². The van der Waals surface area contributed by atoms with Crippen molar-refractivity contribution in [1.82, 2.24) is 35.4 Å². The van der Waals surface area contributed by atoms with Gasteiger partial charge in [0.2, 0.25) is 0 Å². The van der Waals surface area contributed by atoms with Crippen molar-refractivity contribution >= 4 is 22.6 Å². The predicted octanol–water partition coefficient (Wildman–Crippen LogP) is 3.25. The number of hydrogen-bond acceptors (Lipinski definition) is 6. The Balaban J connectivity index is 1.41. The van der Waals surface area contributed by atoms with Crippen LogP contribution >= 0.6 is 0 Å². The van der Waals surface area contributed by atoms with Gasteiger partial charge in [0.05, 0.1) is 17.1 Å². The maximum absolute atomic E-state index is 13.1. The summed E-state index contributed by atoms with van der Waals surface area (Å²) in [6.07, 6.45) is 4.56. The van der Waals surface area contributed by atoms with E-state index in [0.717, 1.165) is 40.8 Å². The van der Waals surface area contributed by atoms with E-state index in [4.69, 9.17) is 4.98 Å². The first kappa shape index (κ1) is 18.4. The maximum atomic E-state index is 13.1. The molecule has 0 aliphatic heterocycles. The molecule has 0 unspecified atom stereocenters. The highest BCUT2D eigenvalue weighted by Gasteiger charge is 2.28. The van der Waals surface area contributed by atoms with Crippen molar-refractivity contribution in [3.63, 3.8) is 0 Å². The normalized spacial score (nSPS) is 13.8. The highest BCUT2D eigenvalue weighted by atomic mass is 16.1. The van der Waals surface area contributed by atoms with Gasteiger partial charge in [-0.15, -0.1) is 10.2 Å². The molecule has 1 amide bonds. The van der Waals surface area contributed by atoms with Crippen LogP contribution < -0.4 is 5.32 Å². The van der Waals surface area contributed by atoms with Crippen molar-refractivity contribution in [3.8, 4) is 0 Å². The molecular formula is C21H22N8O. The van der Waals surface area contributed by atoms with Crippen molar-refractivity contribution in [1.29, 1.82) is 0 Å². The number of tetrazole rings is 1. The van der Waals surface area contributed by atoms with Crippen LogP contribution in [0.25, 0.3) is 11.0 Å². The lowest BCUT2D eigenvalue weighted by Gasteiger charge is -2.11. The molecule has 0 spiro atoms. The summed E-state index contributed by atoms with van der Waals surface area (Å²) < 4.78 is 1.88. The number of anilines is 1. The Bertz CT molecular complexity index is 1190. The molecule has 9 nitrogen and oxygen atoms in total. The summed E-state index contributed by atoms with van der Waals surface area (Å²) in [6.45, 7) is 4.13. The number of carbonyl (C=O) groups is 1. The number of aromatic amines is 1. The number of benzene rings is 1. The minimum absolute atomic E-state index is 0.154. The van der Waals surface area contributed by atoms with Crippen molar-refractivity contribution < 1.29 is 4.79 Å². The number of aromatic nitrogens is 7. The Kier molecular flexibility index (Phi) is 4.50. The van der Waals surface area contributed by atoms with Gasteiger partial charge in [0.15, 0.2) is 11.5 Å². The van der Waals surface area contributed by atoms with E-state index in [1.54, 1.807) is 6.20 Å². The lowest BCUT2D eigenvalue weighted by Crippen LogP contribution is -2.14. The van der Waals surface area contributed by atoms with E-state index in [2.05, 4.69) is 44.9 Å². The topological polar surface area (TPSA) is 114 Å². The minimum Gasteiger partial charge on any atom is -0.322 e. The lowest BCUT2D eigenvalue weighted by molar-refractivity contribution is 0.102. The average molecular weight is 402 g/mol. The Morgan fingerprint density at radius 1 is 1.27 bits per heavy atom. The van der Waals surface area contributed by atoms with Crippen LogP contribution in [0.5, 0.6) is 0 Å². The van der Waals surface area contributed by atoms with Crippen LogP contribution in [0.1, 0.15) is 66.1 Å². The van der Waals surface area contributed by atoms with Gasteiger partial charge in [-0.05, 0) is 50.5 Å². The van der Waals surface area contributed by atoms with Gasteiger partial charge in [-0.3, -0.25) is 4.79 Å². The number of carbonyl (C=O) groups excluding carboxylic acids is 1. The first-order valence-electron chi connectivity index (χ1n) is 10.1. The SMILES string of the molecule is CC(C)n1ncc2c(C(=O)Nc3ccc(Cc4nn[nH]n4)cc3)cc(C3CC3)nc21. The molecule has 0 radical (unpaired) electrons. The van der Waals surface area contributed by atoms with Gasteiger partial charge in [-0.1, -0.05) is 17.3 Å². The van der Waals surface area contributed by atoms with Crippen LogP contribution in [-0.2, 0) is 6.42 Å². The molecule has 152 valence electrons. The average Bonchev–Trinajstić information content (AvgIpc) is 3.29. The van der Waals surface area contributed by atoms with Crippen molar-refractivity contribution in [2.45, 2.75) is 45.1 Å². The monoisotopic (exact) mass is 402 g/mol. The van der Waals surface area contributed by atoms with Crippen LogP contribution in [0, 0.1) is 0 Å². The number of hydrogen-bond donors (Lipinski definition) is 2. The maximum Gasteiger partial charge on any atom is 0.256 e. The molecular weight excluding hydrogens is 380 g/mol. The Morgan fingerprint density at radius 2 is 2.07 bits per heavy atom. The van der Waals surface area contributed by atoms with Gasteiger partial charge in [0, 0.05) is 29.8 Å². The zero-order valence-corrected chi connectivity index (χ0v) is 16.8. The van der Waals surface area contributed by atoms with Gasteiger partial charge < -0.3 is 5.32 Å². The van der Waals surface area contributed by atoms with Crippen molar-refractivity contribution in [2.24, 2.45) is 0 Å². The highest BCUT2D eigenvalue weighted by Crippen LogP contribution is 2.40. The highest BCUT2D eigenvalue weighted by molar-refractivity contribution is 6.12. The van der Waals surface area contributed by atoms with Crippen LogP contribution in [-0.4, -0.2) is 41.3 Å². The fourth-order valence-electron chi connectivity index (χ4n) is 3.54. The number of rotatable bonds is 6. The molecule has 1 aliphatic carbocycles. The molecule has 5 rings (SSSR count). The van der Waals surface area contributed by atoms with E-state index < -0.39 is 0 Å². The number of nitrogens with one attached hydrogen (secondary N) is 2. The number of H-pyrrole nitrogens is 1. The zero-order valence-electron chi connectivity index (χ0n) is 16.8. The fourth-order valence-corrected chi connectivity index (χ4v) is 3.54. The van der Waals surface area contributed by atoms with E-state index in [1.807, 2.05) is 35.0 Å². The van der Waals surface area contributed by atoms with E-state index in [-0.39, 0.29) is 11.9 Å². The summed E-state index contributed by atoms with van der Waals surface area (Å²) in [5.41, 5.74) is 4.13. The molecule has 2 N–H and O–H groups in total. The summed E-state index contributed by atoms with van der Waals surface area (Å²) >= 11 is 0. The number of nitrogens with zero attached hydrogens (tertiary/aromatic N) is 6. The molecule has 0 atom stereocenters. The third-order valence-corrected chi connectivity index (χ3v) is 5.28. The Morgan fingerprint density at radius 3 is 2.73 bits per heavy atom. The second-order valence-corrected chi connectivity index (χ2v) is 7.94. The molecule has 30 heavy (non-hydrogen) atoms. The van der Waals surface area contributed by atoms with Crippen LogP contribution in [0.3, 0.4) is 0 Å². The second kappa shape index (κ2) is 7.33. The molecule has 3 heterocycles. The second-order valence-electron chi connectivity index (χ2n) is 7.94. The first-order chi connectivity index (χ1) is 14.6. The van der Waals surface area contributed by atoms with Crippen LogP contribution in [0.15, 0.2) is 36.5 Å². The van der Waals surface area contributed by atoms with Crippen LogP contribution in [0.4, 0.5) is 5.69 Å². The van der Waals surface area contributed by atoms with E-state index in [9.17, 15) is 4.79 Å². The smallest absolute Gasteiger partial charge is 0.256 e. The molecule has 1 aromatic carbocycles. The first-order valence-corrected chi connectivity index (χ1v) is 10.1. The molecule has 1 aliphatic rings. The molecule has 4 aromatic rings. The van der Waals surface area contributed by atoms with E-state index in [0.29, 0.717) is 23.7 Å². The minimum atomic E-state index is -0.154. The van der Waals surface area contributed by atoms with Crippen molar-refractivity contribution in [3.05, 3.63) is 59.2 Å². The summed E-state index contributed by atoms with van der Waals surface area (Å²) in [6, 6.07) is 9.75. The largest absolute Gasteiger partial charge is 0.322 e. The number of pyridine rings is 1. The molecule has 9 heteroatoms. The van der Waals surface area contributed by atoms with Crippen LogP contribution in [0.2, 0.25) is 0 Å². The molecule has 0 saturated heterocycles. The summed E-state index contributed by atoms with van der Waals surface area (Å²) in [5, 5.41) is 22.2. The third kappa shape index (κ3) is 3.54. The molecule has 0 bridgehead atoms. The van der Waals surface area contributed by atoms with E-state index in [1.165, 1.54) is 0 Å². The van der Waals surface area contributed by atoms with Gasteiger partial charge in [0.1, 0.15) is 0 Å². The van der Waals surface area contributed by atoms with Gasteiger partial charge in [-0.25, -0.2) is 9.67 Å². The van der Waals surface area contributed by atoms with Crippen molar-refractivity contribution in [2.75, 3.05) is 5.32 Å². The summed E-state index contributed by atoms with van der Waals surface area (Å²) in [7, 11) is 0. The Hall–Kier alpha value is -3.62. The van der Waals surface area contributed by atoms with Gasteiger partial charge >= 0.3 is 0 Å². The summed E-state index contributed by atoms with van der Waals surface area (Å²) in [4.78, 5) is 18.0. The third-order valence-electron chi connectivity index (χ3n) is 5.28. The number of fused-ring (bicyclic) bond motifs is 1. The Labute approximate surface area is 172 Å². The lowest BCUT2D eigenvalue weighted by atomic mass is 10.1. The fraction of sp³-hybridized carbons (Fsp3) is 0.333. The van der Waals surface area contributed by atoms with Gasteiger partial charge in [0.25, 0.3) is 5.91 Å². The predicted molar refractivity (Wildman–Crippen MR) is 111 cm³/mol. The molecule has 1 saturated carbocycles. The standard InChI is InChI=1S/C21H22N8O/c1-12(2)29-20-17(11-22-29)16(10-18(24-20)14-5-6-14)21(30)23-15-7-3-13(4-8-15)9-19-25-27-28-26-19/h3-4,7-8,10-12,14H,5-6,9H2,1-2H3,(H,23,30)(H,25,26,27,28). The zero-order chi connectivity index (χ0) is 20.7. The van der Waals surface area contributed by atoms with Gasteiger partial charge in [-0.2, -0.15) is 10.3 Å². The quantitative estimate of drug-likeness (QED) is 0.512.